The van der Waals surface area contributed by atoms with E-state index in [-0.39, 0.29) is 0 Å². The first-order valence-electron chi connectivity index (χ1n) is 8.62. The summed E-state index contributed by atoms with van der Waals surface area (Å²) >= 11 is 0. The Bertz CT molecular complexity index is 246. The highest BCUT2D eigenvalue weighted by atomic mass is 15.1. The standard InChI is InChI=1S/C17H34N2/c1-4-5-15-6-7-17(18-3)16(12-15)13-19-10-8-14(2)9-11-19/h14-18H,4-13H2,1-3H3. The molecule has 2 aliphatic rings. The molecule has 19 heavy (non-hydrogen) atoms. The molecule has 0 bridgehead atoms. The van der Waals surface area contributed by atoms with Gasteiger partial charge in [-0.3, -0.25) is 0 Å². The Morgan fingerprint density at radius 1 is 1.11 bits per heavy atom. The Balaban J connectivity index is 1.83. The Morgan fingerprint density at radius 2 is 1.84 bits per heavy atom. The van der Waals surface area contributed by atoms with Gasteiger partial charge in [0.2, 0.25) is 0 Å². The fourth-order valence-corrected chi connectivity index (χ4v) is 4.19. The quantitative estimate of drug-likeness (QED) is 0.819. The summed E-state index contributed by atoms with van der Waals surface area (Å²) < 4.78 is 0. The molecule has 2 heteroatoms. The predicted molar refractivity (Wildman–Crippen MR) is 83.4 cm³/mol. The first-order chi connectivity index (χ1) is 9.22. The minimum absolute atomic E-state index is 0.771. The minimum atomic E-state index is 0.771. The molecule has 1 heterocycles. The first kappa shape index (κ1) is 15.3. The van der Waals surface area contributed by atoms with E-state index in [0.29, 0.717) is 0 Å². The van der Waals surface area contributed by atoms with Gasteiger partial charge in [0.1, 0.15) is 0 Å². The molecular weight excluding hydrogens is 232 g/mol. The summed E-state index contributed by atoms with van der Waals surface area (Å²) in [6, 6.07) is 0.771. The molecular formula is C17H34N2. The molecule has 1 saturated heterocycles. The van der Waals surface area contributed by atoms with Crippen LogP contribution in [-0.4, -0.2) is 37.6 Å². The maximum Gasteiger partial charge on any atom is 0.0105 e. The molecule has 0 spiro atoms. The summed E-state index contributed by atoms with van der Waals surface area (Å²) in [6.45, 7) is 8.77. The van der Waals surface area contributed by atoms with E-state index >= 15 is 0 Å². The second-order valence-electron chi connectivity index (χ2n) is 7.11. The van der Waals surface area contributed by atoms with Crippen molar-refractivity contribution >= 4 is 0 Å². The Kier molecular flexibility index (Phi) is 6.15. The topological polar surface area (TPSA) is 15.3 Å². The van der Waals surface area contributed by atoms with E-state index < -0.39 is 0 Å². The van der Waals surface area contributed by atoms with E-state index in [1.807, 2.05) is 0 Å². The lowest BCUT2D eigenvalue weighted by atomic mass is 9.76. The molecule has 0 aromatic heterocycles. The van der Waals surface area contributed by atoms with Gasteiger partial charge in [-0.05, 0) is 70.0 Å². The summed E-state index contributed by atoms with van der Waals surface area (Å²) in [7, 11) is 2.16. The van der Waals surface area contributed by atoms with E-state index in [2.05, 4.69) is 31.1 Å². The van der Waals surface area contributed by atoms with Gasteiger partial charge in [0, 0.05) is 12.6 Å². The van der Waals surface area contributed by atoms with Crippen LogP contribution in [0.25, 0.3) is 0 Å². The van der Waals surface area contributed by atoms with Gasteiger partial charge < -0.3 is 10.2 Å². The number of nitrogens with zero attached hydrogens (tertiary/aromatic N) is 1. The number of likely N-dealkylation sites (tertiary alicyclic amines) is 1. The molecule has 0 aromatic carbocycles. The van der Waals surface area contributed by atoms with Crippen LogP contribution in [0.5, 0.6) is 0 Å². The van der Waals surface area contributed by atoms with Crippen LogP contribution in [0.15, 0.2) is 0 Å². The molecule has 1 aliphatic carbocycles. The number of hydrogen-bond donors (Lipinski definition) is 1. The molecule has 1 saturated carbocycles. The zero-order valence-electron chi connectivity index (χ0n) is 13.3. The van der Waals surface area contributed by atoms with Crippen LogP contribution in [0.2, 0.25) is 0 Å². The van der Waals surface area contributed by atoms with Crippen molar-refractivity contribution in [3.8, 4) is 0 Å². The van der Waals surface area contributed by atoms with Gasteiger partial charge in [-0.15, -0.1) is 0 Å². The van der Waals surface area contributed by atoms with E-state index in [0.717, 1.165) is 23.8 Å². The molecule has 3 unspecified atom stereocenters. The lowest BCUT2D eigenvalue weighted by Crippen LogP contribution is -2.46. The average Bonchev–Trinajstić information content (AvgIpc) is 2.42. The number of rotatable bonds is 5. The molecule has 1 N–H and O–H groups in total. The molecule has 2 nitrogen and oxygen atoms in total. The molecule has 3 atom stereocenters. The maximum absolute atomic E-state index is 3.59. The Morgan fingerprint density at radius 3 is 2.47 bits per heavy atom. The molecule has 2 fully saturated rings. The SMILES string of the molecule is CCCC1CCC(NC)C(CN2CCC(C)CC2)C1. The van der Waals surface area contributed by atoms with Crippen LogP contribution in [0.3, 0.4) is 0 Å². The molecule has 2 rings (SSSR count). The third-order valence-corrected chi connectivity index (χ3v) is 5.53. The maximum atomic E-state index is 3.59. The highest BCUT2D eigenvalue weighted by Crippen LogP contribution is 2.33. The highest BCUT2D eigenvalue weighted by Gasteiger charge is 2.31. The largest absolute Gasteiger partial charge is 0.317 e. The second-order valence-corrected chi connectivity index (χ2v) is 7.11. The lowest BCUT2D eigenvalue weighted by Gasteiger charge is -2.40. The summed E-state index contributed by atoms with van der Waals surface area (Å²) in [5.41, 5.74) is 0. The van der Waals surface area contributed by atoms with Crippen molar-refractivity contribution in [3.05, 3.63) is 0 Å². The summed E-state index contributed by atoms with van der Waals surface area (Å²) in [5.74, 6) is 2.85. The summed E-state index contributed by atoms with van der Waals surface area (Å²) in [4.78, 5) is 2.74. The van der Waals surface area contributed by atoms with E-state index in [1.54, 1.807) is 0 Å². The third kappa shape index (κ3) is 4.46. The van der Waals surface area contributed by atoms with Gasteiger partial charge in [0.25, 0.3) is 0 Å². The van der Waals surface area contributed by atoms with Crippen LogP contribution in [0.1, 0.15) is 58.8 Å². The van der Waals surface area contributed by atoms with Crippen LogP contribution >= 0.6 is 0 Å². The van der Waals surface area contributed by atoms with Crippen molar-refractivity contribution in [1.29, 1.82) is 0 Å². The van der Waals surface area contributed by atoms with Crippen molar-refractivity contribution in [2.45, 2.75) is 64.8 Å². The van der Waals surface area contributed by atoms with Crippen LogP contribution < -0.4 is 5.32 Å². The van der Waals surface area contributed by atoms with Crippen molar-refractivity contribution in [3.63, 3.8) is 0 Å². The van der Waals surface area contributed by atoms with Gasteiger partial charge in [0.05, 0.1) is 0 Å². The molecule has 112 valence electrons. The van der Waals surface area contributed by atoms with Gasteiger partial charge in [-0.1, -0.05) is 26.7 Å². The summed E-state index contributed by atoms with van der Waals surface area (Å²) in [6.07, 6.45) is 9.95. The van der Waals surface area contributed by atoms with E-state index in [4.69, 9.17) is 0 Å². The highest BCUT2D eigenvalue weighted by molar-refractivity contribution is 4.86. The first-order valence-corrected chi connectivity index (χ1v) is 8.62. The lowest BCUT2D eigenvalue weighted by molar-refractivity contribution is 0.114. The number of nitrogens with one attached hydrogen (secondary N) is 1. The summed E-state index contributed by atoms with van der Waals surface area (Å²) in [5, 5.41) is 3.59. The zero-order valence-corrected chi connectivity index (χ0v) is 13.3. The Hall–Kier alpha value is -0.0800. The number of hydrogen-bond acceptors (Lipinski definition) is 2. The van der Waals surface area contributed by atoms with E-state index in [1.165, 1.54) is 64.6 Å². The normalized spacial score (nSPS) is 34.6. The number of piperidine rings is 1. The van der Waals surface area contributed by atoms with Crippen molar-refractivity contribution in [1.82, 2.24) is 10.2 Å². The van der Waals surface area contributed by atoms with Crippen LogP contribution in [0, 0.1) is 17.8 Å². The fraction of sp³-hybridized carbons (Fsp3) is 1.00. The molecule has 0 radical (unpaired) electrons. The van der Waals surface area contributed by atoms with Gasteiger partial charge in [-0.2, -0.15) is 0 Å². The van der Waals surface area contributed by atoms with Crippen LogP contribution in [0.4, 0.5) is 0 Å². The van der Waals surface area contributed by atoms with Gasteiger partial charge in [0.15, 0.2) is 0 Å². The third-order valence-electron chi connectivity index (χ3n) is 5.53. The van der Waals surface area contributed by atoms with Crippen molar-refractivity contribution in [2.24, 2.45) is 17.8 Å². The fourth-order valence-electron chi connectivity index (χ4n) is 4.19. The zero-order chi connectivity index (χ0) is 13.7. The molecule has 1 aliphatic heterocycles. The smallest absolute Gasteiger partial charge is 0.0105 e. The van der Waals surface area contributed by atoms with Gasteiger partial charge in [-0.25, -0.2) is 0 Å². The van der Waals surface area contributed by atoms with Crippen molar-refractivity contribution in [2.75, 3.05) is 26.7 Å². The predicted octanol–water partition coefficient (Wildman–Crippen LogP) is 3.52. The van der Waals surface area contributed by atoms with Gasteiger partial charge >= 0.3 is 0 Å². The minimum Gasteiger partial charge on any atom is -0.317 e. The van der Waals surface area contributed by atoms with E-state index in [9.17, 15) is 0 Å². The van der Waals surface area contributed by atoms with Crippen LogP contribution in [-0.2, 0) is 0 Å². The Labute approximate surface area is 120 Å². The monoisotopic (exact) mass is 266 g/mol. The molecule has 0 amide bonds. The average molecular weight is 266 g/mol. The molecule has 0 aromatic rings. The van der Waals surface area contributed by atoms with Crippen molar-refractivity contribution < 1.29 is 0 Å². The second kappa shape index (κ2) is 7.64.